The molecule has 0 unspecified atom stereocenters. The molecule has 0 bridgehead atoms. The van der Waals surface area contributed by atoms with Crippen LogP contribution in [0.5, 0.6) is 0 Å². The Kier molecular flexibility index (Phi) is 3.06. The van der Waals surface area contributed by atoms with Gasteiger partial charge < -0.3 is 4.98 Å². The lowest BCUT2D eigenvalue weighted by atomic mass is 10.0. The number of hydrogen-bond donors (Lipinski definition) is 1. The topological polar surface area (TPSA) is 39.6 Å². The molecule has 0 aliphatic rings. The summed E-state index contributed by atoms with van der Waals surface area (Å²) in [5, 5.41) is 10.4. The van der Waals surface area contributed by atoms with E-state index in [-0.39, 0.29) is 5.82 Å². The SMILES string of the molecule is N#C/C(=C/c1ccc(F)cc1)c1c[nH]c2ccccc12. The lowest BCUT2D eigenvalue weighted by molar-refractivity contribution is 0.628. The predicted octanol–water partition coefficient (Wildman–Crippen LogP) is 4.37. The molecule has 3 heteroatoms. The Morgan fingerprint density at radius 2 is 1.85 bits per heavy atom. The molecule has 3 rings (SSSR count). The normalized spacial score (nSPS) is 11.5. The van der Waals surface area contributed by atoms with Gasteiger partial charge in [0.05, 0.1) is 11.6 Å². The summed E-state index contributed by atoms with van der Waals surface area (Å²) >= 11 is 0. The largest absolute Gasteiger partial charge is 0.361 e. The van der Waals surface area contributed by atoms with Gasteiger partial charge in [0.15, 0.2) is 0 Å². The van der Waals surface area contributed by atoms with Gasteiger partial charge in [0, 0.05) is 22.7 Å². The monoisotopic (exact) mass is 262 g/mol. The van der Waals surface area contributed by atoms with Gasteiger partial charge >= 0.3 is 0 Å². The van der Waals surface area contributed by atoms with Crippen molar-refractivity contribution in [2.45, 2.75) is 0 Å². The van der Waals surface area contributed by atoms with E-state index >= 15 is 0 Å². The van der Waals surface area contributed by atoms with Gasteiger partial charge in [-0.25, -0.2) is 4.39 Å². The van der Waals surface area contributed by atoms with Crippen LogP contribution < -0.4 is 0 Å². The van der Waals surface area contributed by atoms with Crippen LogP contribution >= 0.6 is 0 Å². The molecule has 2 aromatic carbocycles. The smallest absolute Gasteiger partial charge is 0.123 e. The van der Waals surface area contributed by atoms with Gasteiger partial charge in [-0.05, 0) is 29.8 Å². The van der Waals surface area contributed by atoms with E-state index in [0.717, 1.165) is 22.0 Å². The average molecular weight is 262 g/mol. The van der Waals surface area contributed by atoms with Gasteiger partial charge in [-0.3, -0.25) is 0 Å². The fourth-order valence-corrected chi connectivity index (χ4v) is 2.19. The number of fused-ring (bicyclic) bond motifs is 1. The van der Waals surface area contributed by atoms with Crippen LogP contribution in [0, 0.1) is 17.1 Å². The van der Waals surface area contributed by atoms with Gasteiger partial charge in [0.25, 0.3) is 0 Å². The third-order valence-electron chi connectivity index (χ3n) is 3.18. The van der Waals surface area contributed by atoms with E-state index in [4.69, 9.17) is 0 Å². The van der Waals surface area contributed by atoms with E-state index in [1.165, 1.54) is 12.1 Å². The molecule has 96 valence electrons. The fourth-order valence-electron chi connectivity index (χ4n) is 2.19. The third-order valence-corrected chi connectivity index (χ3v) is 3.18. The van der Waals surface area contributed by atoms with Crippen molar-refractivity contribution < 1.29 is 4.39 Å². The van der Waals surface area contributed by atoms with E-state index in [0.29, 0.717) is 5.57 Å². The maximum atomic E-state index is 12.9. The molecular formula is C17H11FN2. The summed E-state index contributed by atoms with van der Waals surface area (Å²) in [6, 6.07) is 16.1. The molecule has 0 saturated heterocycles. The van der Waals surface area contributed by atoms with Crippen molar-refractivity contribution in [3.8, 4) is 6.07 Å². The maximum Gasteiger partial charge on any atom is 0.123 e. The van der Waals surface area contributed by atoms with Gasteiger partial charge in [-0.1, -0.05) is 30.3 Å². The Hall–Kier alpha value is -2.86. The highest BCUT2D eigenvalue weighted by molar-refractivity contribution is 6.01. The molecule has 0 saturated carbocycles. The highest BCUT2D eigenvalue weighted by atomic mass is 19.1. The number of nitrogens with zero attached hydrogens (tertiary/aromatic N) is 1. The van der Waals surface area contributed by atoms with E-state index in [2.05, 4.69) is 11.1 Å². The lowest BCUT2D eigenvalue weighted by Crippen LogP contribution is -1.81. The number of nitrogens with one attached hydrogen (secondary N) is 1. The summed E-state index contributed by atoms with van der Waals surface area (Å²) < 4.78 is 12.9. The number of allylic oxidation sites excluding steroid dienone is 1. The van der Waals surface area contributed by atoms with Crippen molar-refractivity contribution in [3.63, 3.8) is 0 Å². The summed E-state index contributed by atoms with van der Waals surface area (Å²) in [6.07, 6.45) is 3.58. The van der Waals surface area contributed by atoms with Crippen LogP contribution in [0.4, 0.5) is 4.39 Å². The molecule has 1 aromatic heterocycles. The van der Waals surface area contributed by atoms with E-state index < -0.39 is 0 Å². The van der Waals surface area contributed by atoms with Crippen molar-refractivity contribution in [1.82, 2.24) is 4.98 Å². The fraction of sp³-hybridized carbons (Fsp3) is 0. The molecule has 0 atom stereocenters. The molecule has 0 amide bonds. The molecule has 0 radical (unpaired) electrons. The Labute approximate surface area is 115 Å². The number of halogens is 1. The average Bonchev–Trinajstić information content (AvgIpc) is 2.91. The quantitative estimate of drug-likeness (QED) is 0.684. The second-order valence-corrected chi connectivity index (χ2v) is 4.47. The van der Waals surface area contributed by atoms with E-state index in [1.54, 1.807) is 18.2 Å². The molecule has 1 heterocycles. The zero-order chi connectivity index (χ0) is 13.9. The van der Waals surface area contributed by atoms with Crippen LogP contribution in [0.3, 0.4) is 0 Å². The first-order valence-corrected chi connectivity index (χ1v) is 6.22. The highest BCUT2D eigenvalue weighted by Gasteiger charge is 2.07. The van der Waals surface area contributed by atoms with Crippen LogP contribution in [0.25, 0.3) is 22.6 Å². The standard InChI is InChI=1S/C17H11FN2/c18-14-7-5-12(6-8-14)9-13(10-19)16-11-20-17-4-2-1-3-15(16)17/h1-9,11,20H/b13-9-. The molecule has 0 spiro atoms. The third kappa shape index (κ3) is 2.19. The van der Waals surface area contributed by atoms with Gasteiger partial charge in [-0.15, -0.1) is 0 Å². The van der Waals surface area contributed by atoms with Crippen molar-refractivity contribution >= 4 is 22.6 Å². The van der Waals surface area contributed by atoms with Crippen molar-refractivity contribution in [2.75, 3.05) is 0 Å². The number of aromatic amines is 1. The van der Waals surface area contributed by atoms with Crippen LogP contribution in [-0.2, 0) is 0 Å². The van der Waals surface area contributed by atoms with Gasteiger partial charge in [0.2, 0.25) is 0 Å². The lowest BCUT2D eigenvalue weighted by Gasteiger charge is -1.98. The summed E-state index contributed by atoms with van der Waals surface area (Å²) in [5.41, 5.74) is 3.19. The molecule has 3 aromatic rings. The Balaban J connectivity index is 2.10. The van der Waals surface area contributed by atoms with Crippen LogP contribution in [-0.4, -0.2) is 4.98 Å². The van der Waals surface area contributed by atoms with Gasteiger partial charge in [0.1, 0.15) is 5.82 Å². The number of aromatic nitrogens is 1. The minimum atomic E-state index is -0.284. The van der Waals surface area contributed by atoms with Crippen LogP contribution in [0.2, 0.25) is 0 Å². The zero-order valence-electron chi connectivity index (χ0n) is 10.6. The van der Waals surface area contributed by atoms with E-state index in [9.17, 15) is 9.65 Å². The number of benzene rings is 2. The number of hydrogen-bond acceptors (Lipinski definition) is 1. The summed E-state index contributed by atoms with van der Waals surface area (Å²) in [5.74, 6) is -0.284. The minimum absolute atomic E-state index is 0.284. The first-order chi connectivity index (χ1) is 9.78. The van der Waals surface area contributed by atoms with E-state index in [1.807, 2.05) is 30.5 Å². The molecule has 0 fully saturated rings. The second-order valence-electron chi connectivity index (χ2n) is 4.47. The summed E-state index contributed by atoms with van der Waals surface area (Å²) in [7, 11) is 0. The van der Waals surface area contributed by atoms with Crippen molar-refractivity contribution in [3.05, 3.63) is 71.7 Å². The molecular weight excluding hydrogens is 251 g/mol. The van der Waals surface area contributed by atoms with Crippen LogP contribution in [0.15, 0.2) is 54.7 Å². The molecule has 20 heavy (non-hydrogen) atoms. The molecule has 0 aliphatic carbocycles. The second kappa shape index (κ2) is 5.02. The van der Waals surface area contributed by atoms with Crippen LogP contribution in [0.1, 0.15) is 11.1 Å². The molecule has 2 nitrogen and oxygen atoms in total. The Bertz CT molecular complexity index is 820. The minimum Gasteiger partial charge on any atom is -0.361 e. The number of rotatable bonds is 2. The summed E-state index contributed by atoms with van der Waals surface area (Å²) in [4.78, 5) is 3.15. The zero-order valence-corrected chi connectivity index (χ0v) is 10.6. The van der Waals surface area contributed by atoms with Crippen molar-refractivity contribution in [2.24, 2.45) is 0 Å². The number of H-pyrrole nitrogens is 1. The highest BCUT2D eigenvalue weighted by Crippen LogP contribution is 2.26. The number of nitriles is 1. The first kappa shape index (κ1) is 12.2. The predicted molar refractivity (Wildman–Crippen MR) is 78.2 cm³/mol. The first-order valence-electron chi connectivity index (χ1n) is 6.22. The maximum absolute atomic E-state index is 12.9. The molecule has 1 N–H and O–H groups in total. The number of para-hydroxylation sites is 1. The van der Waals surface area contributed by atoms with Gasteiger partial charge in [-0.2, -0.15) is 5.26 Å². The Morgan fingerprint density at radius 1 is 1.10 bits per heavy atom. The van der Waals surface area contributed by atoms with Crippen molar-refractivity contribution in [1.29, 1.82) is 5.26 Å². The Morgan fingerprint density at radius 3 is 2.60 bits per heavy atom. The molecule has 0 aliphatic heterocycles. The summed E-state index contributed by atoms with van der Waals surface area (Å²) in [6.45, 7) is 0.